The molecule has 3 rings (SSSR count). The Morgan fingerprint density at radius 1 is 1.04 bits per heavy atom. The average molecular weight is 357 g/mol. The number of nitrogens with zero attached hydrogens (tertiary/aromatic N) is 2. The van der Waals surface area contributed by atoms with Crippen molar-refractivity contribution in [3.63, 3.8) is 0 Å². The highest BCUT2D eigenvalue weighted by Crippen LogP contribution is 2.27. The Morgan fingerprint density at radius 2 is 1.75 bits per heavy atom. The van der Waals surface area contributed by atoms with Crippen LogP contribution < -0.4 is 4.90 Å². The van der Waals surface area contributed by atoms with E-state index in [9.17, 15) is 9.50 Å². The van der Waals surface area contributed by atoms with Crippen molar-refractivity contribution in [1.29, 1.82) is 0 Å². The molecule has 3 nitrogen and oxygen atoms in total. The number of hydrogen-bond acceptors (Lipinski definition) is 3. The molecule has 24 heavy (non-hydrogen) atoms. The fourth-order valence-corrected chi connectivity index (χ4v) is 4.00. The van der Waals surface area contributed by atoms with Crippen molar-refractivity contribution in [2.45, 2.75) is 44.9 Å². The van der Waals surface area contributed by atoms with Gasteiger partial charge in [-0.3, -0.25) is 4.90 Å². The van der Waals surface area contributed by atoms with E-state index in [1.165, 1.54) is 63.6 Å². The SMILES string of the molecule is Cl.Oc1ccc(N2CCN(CCCC3CCCCC3)CC2)cc1F. The van der Waals surface area contributed by atoms with Crippen molar-refractivity contribution < 1.29 is 9.50 Å². The molecular formula is C19H30ClFN2O. The Bertz CT molecular complexity index is 500. The summed E-state index contributed by atoms with van der Waals surface area (Å²) in [6.45, 7) is 5.18. The zero-order valence-electron chi connectivity index (χ0n) is 14.4. The predicted molar refractivity (Wildman–Crippen MR) is 99.8 cm³/mol. The molecule has 1 aromatic rings. The molecule has 1 aromatic carbocycles. The van der Waals surface area contributed by atoms with Gasteiger partial charge in [-0.15, -0.1) is 12.4 Å². The van der Waals surface area contributed by atoms with Crippen LogP contribution in [-0.4, -0.2) is 42.7 Å². The lowest BCUT2D eigenvalue weighted by Gasteiger charge is -2.36. The second kappa shape index (κ2) is 9.47. The number of phenolic OH excluding ortho intramolecular Hbond substituents is 1. The standard InChI is InChI=1S/C19H29FN2O.ClH/c20-18-15-17(8-9-19(18)23)22-13-11-21(12-14-22)10-4-7-16-5-2-1-3-6-16;/h8-9,15-16,23H,1-7,10-14H2;1H. The first-order valence-corrected chi connectivity index (χ1v) is 9.18. The number of benzene rings is 1. The van der Waals surface area contributed by atoms with E-state index >= 15 is 0 Å². The summed E-state index contributed by atoms with van der Waals surface area (Å²) in [5.74, 6) is 0.178. The fraction of sp³-hybridized carbons (Fsp3) is 0.684. The second-order valence-electron chi connectivity index (χ2n) is 7.11. The quantitative estimate of drug-likeness (QED) is 0.845. The minimum Gasteiger partial charge on any atom is -0.505 e. The molecule has 2 aliphatic rings. The summed E-state index contributed by atoms with van der Waals surface area (Å²) in [6, 6.07) is 4.69. The first kappa shape index (κ1) is 19.3. The number of hydrogen-bond donors (Lipinski definition) is 1. The molecule has 136 valence electrons. The summed E-state index contributed by atoms with van der Waals surface area (Å²) in [4.78, 5) is 4.75. The molecule has 0 radical (unpaired) electrons. The molecule has 1 saturated heterocycles. The Hall–Kier alpha value is -1.00. The lowest BCUT2D eigenvalue weighted by atomic mass is 9.86. The predicted octanol–water partition coefficient (Wildman–Crippen LogP) is 4.44. The van der Waals surface area contributed by atoms with Gasteiger partial charge >= 0.3 is 0 Å². The van der Waals surface area contributed by atoms with Crippen LogP contribution >= 0.6 is 12.4 Å². The summed E-state index contributed by atoms with van der Waals surface area (Å²) < 4.78 is 13.5. The largest absolute Gasteiger partial charge is 0.505 e. The third-order valence-electron chi connectivity index (χ3n) is 5.48. The zero-order chi connectivity index (χ0) is 16.1. The van der Waals surface area contributed by atoms with Crippen LogP contribution in [-0.2, 0) is 0 Å². The van der Waals surface area contributed by atoms with E-state index in [2.05, 4.69) is 9.80 Å². The molecular weight excluding hydrogens is 327 g/mol. The molecule has 1 saturated carbocycles. The van der Waals surface area contributed by atoms with Crippen LogP contribution in [0.2, 0.25) is 0 Å². The van der Waals surface area contributed by atoms with Crippen molar-refractivity contribution in [2.75, 3.05) is 37.6 Å². The molecule has 1 N–H and O–H groups in total. The van der Waals surface area contributed by atoms with Crippen LogP contribution in [0.3, 0.4) is 0 Å². The first-order chi connectivity index (χ1) is 11.2. The Balaban J connectivity index is 0.00000208. The summed E-state index contributed by atoms with van der Waals surface area (Å²) in [6.07, 6.45) is 9.91. The normalized spacial score (nSPS) is 20.0. The number of phenols is 1. The van der Waals surface area contributed by atoms with E-state index in [4.69, 9.17) is 0 Å². The van der Waals surface area contributed by atoms with Gasteiger partial charge in [0.25, 0.3) is 0 Å². The van der Waals surface area contributed by atoms with Crippen molar-refractivity contribution >= 4 is 18.1 Å². The van der Waals surface area contributed by atoms with E-state index in [-0.39, 0.29) is 18.2 Å². The Morgan fingerprint density at radius 3 is 2.42 bits per heavy atom. The van der Waals surface area contributed by atoms with E-state index < -0.39 is 5.82 Å². The van der Waals surface area contributed by atoms with Crippen LogP contribution in [0.1, 0.15) is 44.9 Å². The number of rotatable bonds is 5. The molecule has 0 spiro atoms. The molecule has 1 heterocycles. The summed E-state index contributed by atoms with van der Waals surface area (Å²) >= 11 is 0. The lowest BCUT2D eigenvalue weighted by Crippen LogP contribution is -2.46. The highest BCUT2D eigenvalue weighted by Gasteiger charge is 2.19. The van der Waals surface area contributed by atoms with Gasteiger partial charge in [0.2, 0.25) is 0 Å². The molecule has 1 aliphatic carbocycles. The first-order valence-electron chi connectivity index (χ1n) is 9.18. The molecule has 2 fully saturated rings. The molecule has 0 bridgehead atoms. The molecule has 5 heteroatoms. The van der Waals surface area contributed by atoms with Crippen LogP contribution in [0, 0.1) is 11.7 Å². The van der Waals surface area contributed by atoms with Crippen molar-refractivity contribution in [3.05, 3.63) is 24.0 Å². The Labute approximate surface area is 151 Å². The maximum Gasteiger partial charge on any atom is 0.166 e. The molecule has 0 atom stereocenters. The monoisotopic (exact) mass is 356 g/mol. The van der Waals surface area contributed by atoms with Gasteiger partial charge in [0.1, 0.15) is 0 Å². The maximum atomic E-state index is 13.5. The molecule has 0 amide bonds. The number of anilines is 1. The van der Waals surface area contributed by atoms with Gasteiger partial charge in [0, 0.05) is 37.9 Å². The van der Waals surface area contributed by atoms with Crippen LogP contribution in [0.4, 0.5) is 10.1 Å². The second-order valence-corrected chi connectivity index (χ2v) is 7.11. The van der Waals surface area contributed by atoms with Gasteiger partial charge in [0.05, 0.1) is 0 Å². The smallest absolute Gasteiger partial charge is 0.166 e. The number of piperazine rings is 1. The van der Waals surface area contributed by atoms with E-state index in [0.717, 1.165) is 37.8 Å². The van der Waals surface area contributed by atoms with Gasteiger partial charge in [-0.25, -0.2) is 4.39 Å². The van der Waals surface area contributed by atoms with Gasteiger partial charge in [-0.2, -0.15) is 0 Å². The van der Waals surface area contributed by atoms with E-state index in [0.29, 0.717) is 0 Å². The number of halogens is 2. The highest BCUT2D eigenvalue weighted by atomic mass is 35.5. The van der Waals surface area contributed by atoms with E-state index in [1.807, 2.05) is 0 Å². The highest BCUT2D eigenvalue weighted by molar-refractivity contribution is 5.85. The third kappa shape index (κ3) is 5.25. The van der Waals surface area contributed by atoms with Crippen molar-refractivity contribution in [1.82, 2.24) is 4.90 Å². The zero-order valence-corrected chi connectivity index (χ0v) is 15.2. The molecule has 1 aliphatic heterocycles. The topological polar surface area (TPSA) is 26.7 Å². The average Bonchev–Trinajstić information content (AvgIpc) is 2.59. The van der Waals surface area contributed by atoms with Crippen LogP contribution in [0.15, 0.2) is 18.2 Å². The van der Waals surface area contributed by atoms with Crippen LogP contribution in [0.5, 0.6) is 5.75 Å². The van der Waals surface area contributed by atoms with Crippen LogP contribution in [0.25, 0.3) is 0 Å². The fourth-order valence-electron chi connectivity index (χ4n) is 4.00. The summed E-state index contributed by atoms with van der Waals surface area (Å²) in [7, 11) is 0. The lowest BCUT2D eigenvalue weighted by molar-refractivity contribution is 0.237. The minimum atomic E-state index is -0.530. The van der Waals surface area contributed by atoms with Gasteiger partial charge in [0.15, 0.2) is 11.6 Å². The van der Waals surface area contributed by atoms with Gasteiger partial charge in [-0.1, -0.05) is 32.1 Å². The van der Waals surface area contributed by atoms with Crippen molar-refractivity contribution in [2.24, 2.45) is 5.92 Å². The van der Waals surface area contributed by atoms with E-state index in [1.54, 1.807) is 6.07 Å². The summed E-state index contributed by atoms with van der Waals surface area (Å²) in [5, 5.41) is 9.29. The molecule has 0 unspecified atom stereocenters. The third-order valence-corrected chi connectivity index (χ3v) is 5.48. The maximum absolute atomic E-state index is 13.5. The van der Waals surface area contributed by atoms with Gasteiger partial charge in [-0.05, 0) is 37.4 Å². The summed E-state index contributed by atoms with van der Waals surface area (Å²) in [5.41, 5.74) is 0.877. The van der Waals surface area contributed by atoms with Gasteiger partial charge < -0.3 is 10.0 Å². The number of aromatic hydroxyl groups is 1. The van der Waals surface area contributed by atoms with Crippen molar-refractivity contribution in [3.8, 4) is 5.75 Å². The Kier molecular flexibility index (Phi) is 7.63. The molecule has 0 aromatic heterocycles. The minimum absolute atomic E-state index is 0.